The molecular weight excluding hydrogens is 290 g/mol. The molecule has 0 spiro atoms. The second-order valence-electron chi connectivity index (χ2n) is 6.05. The van der Waals surface area contributed by atoms with Gasteiger partial charge < -0.3 is 10.2 Å². The lowest BCUT2D eigenvalue weighted by Crippen LogP contribution is -2.45. The van der Waals surface area contributed by atoms with Crippen LogP contribution in [0.3, 0.4) is 0 Å². The van der Waals surface area contributed by atoms with E-state index in [4.69, 9.17) is 0 Å². The maximum absolute atomic E-state index is 12.0. The Bertz CT molecular complexity index is 782. The number of nitriles is 1. The van der Waals surface area contributed by atoms with Crippen LogP contribution in [0.2, 0.25) is 0 Å². The first kappa shape index (κ1) is 15.2. The molecule has 2 aromatic rings. The summed E-state index contributed by atoms with van der Waals surface area (Å²) in [4.78, 5) is 23.0. The SMILES string of the molecule is CNC(=O)[C@@H]1C[C@H](C)CN(c2ccc(C#N)c3nccnc23)C1. The van der Waals surface area contributed by atoms with Gasteiger partial charge in [-0.05, 0) is 24.5 Å². The molecule has 0 saturated carbocycles. The maximum atomic E-state index is 12.0. The summed E-state index contributed by atoms with van der Waals surface area (Å²) in [7, 11) is 1.68. The van der Waals surface area contributed by atoms with Crippen molar-refractivity contribution in [3.8, 4) is 6.07 Å². The zero-order valence-corrected chi connectivity index (χ0v) is 13.3. The van der Waals surface area contributed by atoms with Crippen molar-refractivity contribution in [2.75, 3.05) is 25.0 Å². The number of hydrogen-bond acceptors (Lipinski definition) is 5. The van der Waals surface area contributed by atoms with Crippen LogP contribution in [0.4, 0.5) is 5.69 Å². The topological polar surface area (TPSA) is 81.9 Å². The van der Waals surface area contributed by atoms with Gasteiger partial charge in [0.05, 0.1) is 17.2 Å². The van der Waals surface area contributed by atoms with Crippen molar-refractivity contribution >= 4 is 22.6 Å². The number of aromatic nitrogens is 2. The van der Waals surface area contributed by atoms with Gasteiger partial charge in [0.15, 0.2) is 0 Å². The van der Waals surface area contributed by atoms with Crippen molar-refractivity contribution in [2.45, 2.75) is 13.3 Å². The van der Waals surface area contributed by atoms with Crippen molar-refractivity contribution < 1.29 is 4.79 Å². The van der Waals surface area contributed by atoms with Crippen LogP contribution in [0, 0.1) is 23.2 Å². The number of amides is 1. The molecule has 1 amide bonds. The van der Waals surface area contributed by atoms with Crippen molar-refractivity contribution in [3.05, 3.63) is 30.1 Å². The summed E-state index contributed by atoms with van der Waals surface area (Å²) >= 11 is 0. The highest BCUT2D eigenvalue weighted by molar-refractivity contribution is 5.92. The zero-order valence-electron chi connectivity index (χ0n) is 13.3. The minimum atomic E-state index is -0.0360. The fourth-order valence-electron chi connectivity index (χ4n) is 3.33. The van der Waals surface area contributed by atoms with E-state index in [1.165, 1.54) is 0 Å². The molecule has 0 unspecified atom stereocenters. The smallest absolute Gasteiger partial charge is 0.224 e. The van der Waals surface area contributed by atoms with Crippen LogP contribution >= 0.6 is 0 Å². The molecule has 1 aromatic heterocycles. The molecule has 6 heteroatoms. The summed E-state index contributed by atoms with van der Waals surface area (Å²) < 4.78 is 0. The number of anilines is 1. The highest BCUT2D eigenvalue weighted by atomic mass is 16.1. The largest absolute Gasteiger partial charge is 0.369 e. The molecular formula is C17H19N5O. The summed E-state index contributed by atoms with van der Waals surface area (Å²) in [5.74, 6) is 0.449. The minimum Gasteiger partial charge on any atom is -0.369 e. The number of carbonyl (C=O) groups excluding carboxylic acids is 1. The van der Waals surface area contributed by atoms with E-state index in [1.54, 1.807) is 25.5 Å². The zero-order chi connectivity index (χ0) is 16.4. The monoisotopic (exact) mass is 309 g/mol. The molecule has 1 N–H and O–H groups in total. The third-order valence-electron chi connectivity index (χ3n) is 4.34. The van der Waals surface area contributed by atoms with Crippen molar-refractivity contribution in [3.63, 3.8) is 0 Å². The molecule has 23 heavy (non-hydrogen) atoms. The van der Waals surface area contributed by atoms with Gasteiger partial charge in [0.2, 0.25) is 5.91 Å². The van der Waals surface area contributed by atoms with E-state index in [0.717, 1.165) is 24.2 Å². The average molecular weight is 309 g/mol. The summed E-state index contributed by atoms with van der Waals surface area (Å²) in [6.07, 6.45) is 4.12. The van der Waals surface area contributed by atoms with Crippen LogP contribution in [0.25, 0.3) is 11.0 Å². The molecule has 0 aliphatic carbocycles. The molecule has 118 valence electrons. The standard InChI is InChI=1S/C17H19N5O/c1-11-7-13(17(23)19-2)10-22(9-11)14-4-3-12(8-18)15-16(14)21-6-5-20-15/h3-6,11,13H,7,9-10H2,1-2H3,(H,19,23)/t11-,13+/m0/s1. The average Bonchev–Trinajstić information content (AvgIpc) is 2.59. The number of carbonyl (C=O) groups is 1. The predicted octanol–water partition coefficient (Wildman–Crippen LogP) is 1.71. The normalized spacial score (nSPS) is 21.0. The quantitative estimate of drug-likeness (QED) is 0.913. The Morgan fingerprint density at radius 1 is 1.30 bits per heavy atom. The van der Waals surface area contributed by atoms with Crippen molar-refractivity contribution in [1.82, 2.24) is 15.3 Å². The molecule has 1 aliphatic rings. The fourth-order valence-corrected chi connectivity index (χ4v) is 3.33. The Hall–Kier alpha value is -2.68. The lowest BCUT2D eigenvalue weighted by atomic mass is 9.89. The summed E-state index contributed by atoms with van der Waals surface area (Å²) in [5, 5.41) is 12.0. The number of rotatable bonds is 2. The number of nitrogens with one attached hydrogen (secondary N) is 1. The lowest BCUT2D eigenvalue weighted by Gasteiger charge is -2.37. The van der Waals surface area contributed by atoms with E-state index in [0.29, 0.717) is 23.5 Å². The van der Waals surface area contributed by atoms with Crippen molar-refractivity contribution in [2.24, 2.45) is 11.8 Å². The molecule has 1 aromatic carbocycles. The highest BCUT2D eigenvalue weighted by Crippen LogP contribution is 2.31. The van der Waals surface area contributed by atoms with Gasteiger partial charge in [-0.15, -0.1) is 0 Å². The van der Waals surface area contributed by atoms with Gasteiger partial charge in [0, 0.05) is 32.5 Å². The number of hydrogen-bond donors (Lipinski definition) is 1. The minimum absolute atomic E-state index is 0.0360. The van der Waals surface area contributed by atoms with E-state index >= 15 is 0 Å². The first-order valence-corrected chi connectivity index (χ1v) is 7.74. The Kier molecular flexibility index (Phi) is 4.11. The summed E-state index contributed by atoms with van der Waals surface area (Å²) in [6, 6.07) is 5.85. The van der Waals surface area contributed by atoms with Gasteiger partial charge >= 0.3 is 0 Å². The number of piperidine rings is 1. The van der Waals surface area contributed by atoms with Crippen LogP contribution in [-0.2, 0) is 4.79 Å². The van der Waals surface area contributed by atoms with Crippen LogP contribution in [0.5, 0.6) is 0 Å². The molecule has 1 aliphatic heterocycles. The highest BCUT2D eigenvalue weighted by Gasteiger charge is 2.30. The fraction of sp³-hybridized carbons (Fsp3) is 0.412. The number of benzene rings is 1. The van der Waals surface area contributed by atoms with Gasteiger partial charge in [-0.25, -0.2) is 0 Å². The van der Waals surface area contributed by atoms with Crippen LogP contribution in [-0.4, -0.2) is 36.0 Å². The van der Waals surface area contributed by atoms with E-state index in [1.807, 2.05) is 6.07 Å². The third-order valence-corrected chi connectivity index (χ3v) is 4.34. The number of nitrogens with zero attached hydrogens (tertiary/aromatic N) is 4. The molecule has 1 fully saturated rings. The van der Waals surface area contributed by atoms with Crippen LogP contribution in [0.1, 0.15) is 18.9 Å². The van der Waals surface area contributed by atoms with Gasteiger partial charge in [-0.1, -0.05) is 6.92 Å². The van der Waals surface area contributed by atoms with E-state index < -0.39 is 0 Å². The first-order valence-electron chi connectivity index (χ1n) is 7.74. The molecule has 1 saturated heterocycles. The summed E-state index contributed by atoms with van der Waals surface area (Å²) in [5.41, 5.74) is 2.79. The van der Waals surface area contributed by atoms with Gasteiger partial charge in [0.1, 0.15) is 17.1 Å². The molecule has 0 bridgehead atoms. The van der Waals surface area contributed by atoms with E-state index in [9.17, 15) is 10.1 Å². The third kappa shape index (κ3) is 2.82. The van der Waals surface area contributed by atoms with E-state index in [-0.39, 0.29) is 11.8 Å². The van der Waals surface area contributed by atoms with Crippen LogP contribution < -0.4 is 10.2 Å². The lowest BCUT2D eigenvalue weighted by molar-refractivity contribution is -0.125. The number of fused-ring (bicyclic) bond motifs is 1. The summed E-state index contributed by atoms with van der Waals surface area (Å²) in [6.45, 7) is 3.67. The molecule has 6 nitrogen and oxygen atoms in total. The molecule has 3 rings (SSSR count). The Morgan fingerprint density at radius 2 is 2.04 bits per heavy atom. The first-order chi connectivity index (χ1) is 11.1. The van der Waals surface area contributed by atoms with Gasteiger partial charge in [-0.2, -0.15) is 5.26 Å². The van der Waals surface area contributed by atoms with Crippen molar-refractivity contribution in [1.29, 1.82) is 5.26 Å². The van der Waals surface area contributed by atoms with Gasteiger partial charge in [0.25, 0.3) is 0 Å². The molecule has 2 atom stereocenters. The Morgan fingerprint density at radius 3 is 2.74 bits per heavy atom. The predicted molar refractivity (Wildman–Crippen MR) is 87.8 cm³/mol. The Balaban J connectivity index is 2.03. The second kappa shape index (κ2) is 6.21. The molecule has 2 heterocycles. The maximum Gasteiger partial charge on any atom is 0.224 e. The Labute approximate surface area is 135 Å². The van der Waals surface area contributed by atoms with Crippen LogP contribution in [0.15, 0.2) is 24.5 Å². The van der Waals surface area contributed by atoms with Gasteiger partial charge in [-0.3, -0.25) is 14.8 Å². The molecule has 0 radical (unpaired) electrons. The van der Waals surface area contributed by atoms with E-state index in [2.05, 4.69) is 33.2 Å². The second-order valence-corrected chi connectivity index (χ2v) is 6.05.